The molecule has 2 aromatic rings. The summed E-state index contributed by atoms with van der Waals surface area (Å²) in [5, 5.41) is 17.9. The molecule has 0 radical (unpaired) electrons. The molecule has 0 saturated heterocycles. The molecule has 108 valence electrons. The number of hydrogen-bond acceptors (Lipinski definition) is 7. The number of rotatable bonds is 3. The molecule has 0 saturated carbocycles. The topological polar surface area (TPSA) is 71.6 Å². The molecule has 20 heavy (non-hydrogen) atoms. The van der Waals surface area contributed by atoms with Crippen LogP contribution in [0.4, 0.5) is 16.1 Å². The second-order valence-corrected chi connectivity index (χ2v) is 6.69. The van der Waals surface area contributed by atoms with Crippen LogP contribution in [0.1, 0.15) is 26.5 Å². The largest absolute Gasteiger partial charge is 0.354 e. The van der Waals surface area contributed by atoms with Crippen LogP contribution in [0.25, 0.3) is 0 Å². The fourth-order valence-electron chi connectivity index (χ4n) is 1.51. The van der Waals surface area contributed by atoms with Crippen LogP contribution >= 0.6 is 11.3 Å². The van der Waals surface area contributed by atoms with Crippen molar-refractivity contribution in [3.8, 4) is 0 Å². The maximum Gasteiger partial charge on any atom is 0.269 e. The van der Waals surface area contributed by atoms with Gasteiger partial charge in [-0.15, -0.1) is 20.4 Å². The highest BCUT2D eigenvalue weighted by Crippen LogP contribution is 2.39. The quantitative estimate of drug-likeness (QED) is 0.815. The van der Waals surface area contributed by atoms with Gasteiger partial charge in [-0.05, 0) is 0 Å². The fraction of sp³-hybridized carbons (Fsp3) is 0.583. The van der Waals surface area contributed by atoms with Gasteiger partial charge in [0.2, 0.25) is 0 Å². The number of nitrogens with zero attached hydrogens (tertiary/aromatic N) is 7. The lowest BCUT2D eigenvalue weighted by Gasteiger charge is -2.15. The fourth-order valence-corrected chi connectivity index (χ4v) is 2.53. The number of thiazole rings is 1. The second kappa shape index (κ2) is 5.28. The van der Waals surface area contributed by atoms with E-state index in [1.165, 1.54) is 11.3 Å². The summed E-state index contributed by atoms with van der Waals surface area (Å²) in [6.07, 6.45) is 1.59. The van der Waals surface area contributed by atoms with Gasteiger partial charge in [0.05, 0.1) is 5.69 Å². The minimum atomic E-state index is -0.0843. The highest BCUT2D eigenvalue weighted by molar-refractivity contribution is 7.19. The molecule has 7 nitrogen and oxygen atoms in total. The van der Waals surface area contributed by atoms with Gasteiger partial charge in [0, 0.05) is 26.6 Å². The molecule has 0 N–H and O–H groups in total. The van der Waals surface area contributed by atoms with E-state index in [9.17, 15) is 0 Å². The third kappa shape index (κ3) is 3.01. The molecule has 0 unspecified atom stereocenters. The van der Waals surface area contributed by atoms with Gasteiger partial charge >= 0.3 is 0 Å². The normalized spacial score (nSPS) is 12.3. The van der Waals surface area contributed by atoms with Gasteiger partial charge in [0.1, 0.15) is 6.33 Å². The second-order valence-electron chi connectivity index (χ2n) is 5.74. The minimum absolute atomic E-state index is 0.0843. The third-order valence-corrected chi connectivity index (χ3v) is 3.72. The number of azo groups is 1. The average Bonchev–Trinajstić information content (AvgIpc) is 2.91. The lowest BCUT2D eigenvalue weighted by molar-refractivity contribution is 0.573. The Morgan fingerprint density at radius 3 is 2.45 bits per heavy atom. The first kappa shape index (κ1) is 14.6. The van der Waals surface area contributed by atoms with Crippen molar-refractivity contribution >= 4 is 27.4 Å². The molecule has 0 fully saturated rings. The maximum absolute atomic E-state index is 4.65. The van der Waals surface area contributed by atoms with Crippen molar-refractivity contribution < 1.29 is 0 Å². The zero-order valence-corrected chi connectivity index (χ0v) is 13.4. The standard InChI is InChI=1S/C12H19N7S/c1-12(2,3)8-9(20-11(14-8)18(4)5)15-17-10-16-13-7-19(10)6/h7H,1-6H3. The smallest absolute Gasteiger partial charge is 0.269 e. The van der Waals surface area contributed by atoms with Crippen molar-refractivity contribution in [3.63, 3.8) is 0 Å². The summed E-state index contributed by atoms with van der Waals surface area (Å²) in [6.45, 7) is 6.34. The number of aryl methyl sites for hydroxylation is 1. The van der Waals surface area contributed by atoms with Gasteiger partial charge in [-0.3, -0.25) is 0 Å². The first-order valence-corrected chi connectivity index (χ1v) is 7.05. The van der Waals surface area contributed by atoms with E-state index in [-0.39, 0.29) is 5.41 Å². The predicted octanol–water partition coefficient (Wildman–Crippen LogP) is 3.05. The maximum atomic E-state index is 4.65. The molecular formula is C12H19N7S. The monoisotopic (exact) mass is 293 g/mol. The van der Waals surface area contributed by atoms with Crippen molar-refractivity contribution in [1.82, 2.24) is 19.7 Å². The Morgan fingerprint density at radius 2 is 1.95 bits per heavy atom. The van der Waals surface area contributed by atoms with E-state index < -0.39 is 0 Å². The van der Waals surface area contributed by atoms with Gasteiger partial charge in [-0.25, -0.2) is 4.98 Å². The third-order valence-electron chi connectivity index (χ3n) is 2.61. The molecule has 2 heterocycles. The van der Waals surface area contributed by atoms with Crippen molar-refractivity contribution in [2.24, 2.45) is 17.3 Å². The van der Waals surface area contributed by atoms with E-state index in [2.05, 4.69) is 46.2 Å². The zero-order chi connectivity index (χ0) is 14.9. The summed E-state index contributed by atoms with van der Waals surface area (Å²) >= 11 is 1.52. The molecule has 0 aliphatic rings. The van der Waals surface area contributed by atoms with Crippen LogP contribution in [0.15, 0.2) is 16.6 Å². The summed E-state index contributed by atoms with van der Waals surface area (Å²) in [6, 6.07) is 0. The summed E-state index contributed by atoms with van der Waals surface area (Å²) in [7, 11) is 5.76. The Kier molecular flexibility index (Phi) is 3.85. The van der Waals surface area contributed by atoms with Crippen molar-refractivity contribution in [1.29, 1.82) is 0 Å². The first-order valence-electron chi connectivity index (χ1n) is 6.23. The SMILES string of the molecule is CN(C)c1nc(C(C)(C)C)c(N=Nc2nncn2C)s1. The van der Waals surface area contributed by atoms with Gasteiger partial charge in [-0.1, -0.05) is 32.1 Å². The number of hydrogen-bond donors (Lipinski definition) is 0. The van der Waals surface area contributed by atoms with E-state index in [4.69, 9.17) is 0 Å². The molecule has 0 spiro atoms. The molecule has 2 rings (SSSR count). The zero-order valence-electron chi connectivity index (χ0n) is 12.6. The molecule has 2 aromatic heterocycles. The van der Waals surface area contributed by atoms with Crippen LogP contribution < -0.4 is 4.90 Å². The van der Waals surface area contributed by atoms with E-state index in [1.807, 2.05) is 26.0 Å². The Morgan fingerprint density at radius 1 is 1.25 bits per heavy atom. The number of aromatic nitrogens is 4. The van der Waals surface area contributed by atoms with Crippen LogP contribution in [0.5, 0.6) is 0 Å². The van der Waals surface area contributed by atoms with Crippen molar-refractivity contribution in [2.45, 2.75) is 26.2 Å². The highest BCUT2D eigenvalue weighted by atomic mass is 32.1. The first-order chi connectivity index (χ1) is 9.29. The molecule has 0 aliphatic carbocycles. The minimum Gasteiger partial charge on any atom is -0.354 e. The van der Waals surface area contributed by atoms with Gasteiger partial charge in [0.15, 0.2) is 10.1 Å². The highest BCUT2D eigenvalue weighted by Gasteiger charge is 2.24. The molecule has 0 amide bonds. The van der Waals surface area contributed by atoms with Crippen molar-refractivity contribution in [3.05, 3.63) is 12.0 Å². The average molecular weight is 293 g/mol. The summed E-state index contributed by atoms with van der Waals surface area (Å²) in [4.78, 5) is 6.62. The predicted molar refractivity (Wildman–Crippen MR) is 80.3 cm³/mol. The Labute approximate surface area is 122 Å². The van der Waals surface area contributed by atoms with Crippen LogP contribution in [0.3, 0.4) is 0 Å². The Hall–Kier alpha value is -1.83. The van der Waals surface area contributed by atoms with Gasteiger partial charge in [0.25, 0.3) is 5.95 Å². The van der Waals surface area contributed by atoms with Gasteiger partial charge in [-0.2, -0.15) is 0 Å². The molecule has 0 aromatic carbocycles. The summed E-state index contributed by atoms with van der Waals surface area (Å²) in [5.41, 5.74) is 0.857. The van der Waals surface area contributed by atoms with Gasteiger partial charge < -0.3 is 9.47 Å². The van der Waals surface area contributed by atoms with E-state index in [1.54, 1.807) is 10.9 Å². The van der Waals surface area contributed by atoms with Crippen molar-refractivity contribution in [2.75, 3.05) is 19.0 Å². The van der Waals surface area contributed by atoms with Crippen LogP contribution in [0, 0.1) is 0 Å². The lowest BCUT2D eigenvalue weighted by Crippen LogP contribution is -2.13. The Bertz CT molecular complexity index is 618. The lowest BCUT2D eigenvalue weighted by atomic mass is 9.93. The van der Waals surface area contributed by atoms with Crippen LogP contribution in [0.2, 0.25) is 0 Å². The van der Waals surface area contributed by atoms with E-state index in [0.29, 0.717) is 5.95 Å². The number of anilines is 1. The Balaban J connectivity index is 2.40. The molecule has 0 bridgehead atoms. The molecular weight excluding hydrogens is 274 g/mol. The summed E-state index contributed by atoms with van der Waals surface area (Å²) in [5.74, 6) is 0.477. The van der Waals surface area contributed by atoms with Crippen LogP contribution in [-0.4, -0.2) is 33.8 Å². The molecule has 0 aliphatic heterocycles. The van der Waals surface area contributed by atoms with Crippen LogP contribution in [-0.2, 0) is 12.5 Å². The summed E-state index contributed by atoms with van der Waals surface area (Å²) < 4.78 is 1.72. The molecule has 8 heteroatoms. The van der Waals surface area contributed by atoms with E-state index >= 15 is 0 Å². The molecule has 0 atom stereocenters. The van der Waals surface area contributed by atoms with E-state index in [0.717, 1.165) is 15.8 Å².